The van der Waals surface area contributed by atoms with E-state index in [0.29, 0.717) is 12.8 Å². The number of ketones is 1. The van der Waals surface area contributed by atoms with E-state index in [1.54, 1.807) is 12.5 Å². The number of carbonyl (C=O) groups is 1. The summed E-state index contributed by atoms with van der Waals surface area (Å²) in [5.41, 5.74) is 0. The van der Waals surface area contributed by atoms with Crippen LogP contribution < -0.4 is 0 Å². The lowest BCUT2D eigenvalue weighted by atomic mass is 10.3. The summed E-state index contributed by atoms with van der Waals surface area (Å²) >= 11 is 0. The van der Waals surface area contributed by atoms with Crippen molar-refractivity contribution in [2.75, 3.05) is 24.0 Å². The van der Waals surface area contributed by atoms with Crippen LogP contribution in [0.5, 0.6) is 0 Å². The fourth-order valence-electron chi connectivity index (χ4n) is 1.40. The summed E-state index contributed by atoms with van der Waals surface area (Å²) in [6.45, 7) is 3.86. The van der Waals surface area contributed by atoms with E-state index < -0.39 is 20.4 Å². The molecule has 0 heterocycles. The minimum Gasteiger partial charge on any atom is -0.299 e. The first-order valence-electron chi connectivity index (χ1n) is 5.89. The normalized spacial score (nSPS) is 13.6. The Hall–Kier alpha value is -0.0700. The van der Waals surface area contributed by atoms with E-state index in [0.717, 1.165) is 12.8 Å². The van der Waals surface area contributed by atoms with Crippen LogP contribution in [-0.2, 0) is 18.5 Å². The summed E-state index contributed by atoms with van der Waals surface area (Å²) in [6, 6.07) is 0. The van der Waals surface area contributed by atoms with Crippen molar-refractivity contribution in [3.05, 3.63) is 0 Å². The van der Waals surface area contributed by atoms with Gasteiger partial charge >= 0.3 is 0 Å². The smallest absolute Gasteiger partial charge is 0.276 e. The zero-order valence-corrected chi connectivity index (χ0v) is 12.8. The van der Waals surface area contributed by atoms with Gasteiger partial charge in [0.25, 0.3) is 10.1 Å². The minimum absolute atomic E-state index is 0.0435. The van der Waals surface area contributed by atoms with Crippen LogP contribution in [-0.4, -0.2) is 38.2 Å². The fraction of sp³-hybridized carbons (Fsp3) is 0.909. The Morgan fingerprint density at radius 2 is 1.71 bits per heavy atom. The van der Waals surface area contributed by atoms with Crippen LogP contribution in [0, 0.1) is 0 Å². The lowest BCUT2D eigenvalue weighted by Crippen LogP contribution is -2.19. The van der Waals surface area contributed by atoms with Gasteiger partial charge in [-0.1, -0.05) is 20.3 Å². The van der Waals surface area contributed by atoms with Crippen molar-refractivity contribution in [3.63, 3.8) is 0 Å². The lowest BCUT2D eigenvalue weighted by molar-refractivity contribution is -0.116. The average Bonchev–Trinajstić information content (AvgIpc) is 2.12. The molecule has 104 valence electrons. The van der Waals surface area contributed by atoms with Gasteiger partial charge in [0.05, 0.1) is 11.5 Å². The molecule has 0 aliphatic carbocycles. The third-order valence-electron chi connectivity index (χ3n) is 2.07. The Kier molecular flexibility index (Phi) is 7.35. The summed E-state index contributed by atoms with van der Waals surface area (Å²) in [6.07, 6.45) is 6.15. The van der Waals surface area contributed by atoms with Crippen LogP contribution in [0.25, 0.3) is 0 Å². The van der Waals surface area contributed by atoms with Crippen molar-refractivity contribution in [3.8, 4) is 0 Å². The highest BCUT2D eigenvalue weighted by Gasteiger charge is 2.24. The van der Waals surface area contributed by atoms with Gasteiger partial charge in [-0.15, -0.1) is 10.3 Å². The van der Waals surface area contributed by atoms with Gasteiger partial charge in [0.15, 0.2) is 0 Å². The number of rotatable bonds is 9. The van der Waals surface area contributed by atoms with Crippen LogP contribution in [0.2, 0.25) is 0 Å². The second kappa shape index (κ2) is 7.38. The summed E-state index contributed by atoms with van der Waals surface area (Å²) < 4.78 is 28.4. The molecule has 0 saturated carbocycles. The topological polar surface area (TPSA) is 60.4 Å². The standard InChI is InChI=1S/C11H24O4S2/c1-5-7-9-17(13,14)15-16(3,4)10-11(12)8-6-2/h5-10H2,1-4H3. The van der Waals surface area contributed by atoms with Gasteiger partial charge in [-0.3, -0.25) is 4.79 Å². The van der Waals surface area contributed by atoms with E-state index in [9.17, 15) is 13.2 Å². The molecule has 0 aromatic heterocycles. The fourth-order valence-corrected chi connectivity index (χ4v) is 5.67. The number of unbranched alkanes of at least 4 members (excludes halogenated alkanes) is 1. The summed E-state index contributed by atoms with van der Waals surface area (Å²) in [7, 11) is -5.31. The Bertz CT molecular complexity index is 333. The van der Waals surface area contributed by atoms with Crippen molar-refractivity contribution >= 4 is 26.2 Å². The largest absolute Gasteiger partial charge is 0.299 e. The van der Waals surface area contributed by atoms with Crippen molar-refractivity contribution in [1.82, 2.24) is 0 Å². The maximum atomic E-state index is 11.6. The summed E-state index contributed by atoms with van der Waals surface area (Å²) in [4.78, 5) is 11.5. The predicted molar refractivity (Wildman–Crippen MR) is 74.0 cm³/mol. The molecule has 0 N–H and O–H groups in total. The monoisotopic (exact) mass is 284 g/mol. The molecule has 0 aliphatic heterocycles. The highest BCUT2D eigenvalue weighted by atomic mass is 32.3. The van der Waals surface area contributed by atoms with E-state index in [1.165, 1.54) is 0 Å². The molecule has 0 aromatic carbocycles. The van der Waals surface area contributed by atoms with E-state index in [2.05, 4.69) is 0 Å². The van der Waals surface area contributed by atoms with Gasteiger partial charge in [-0.25, -0.2) is 3.63 Å². The number of hydrogen-bond donors (Lipinski definition) is 0. The Labute approximate surface area is 107 Å². The molecular formula is C11H24O4S2. The third kappa shape index (κ3) is 8.63. The molecule has 0 amide bonds. The van der Waals surface area contributed by atoms with E-state index >= 15 is 0 Å². The third-order valence-corrected chi connectivity index (χ3v) is 6.18. The molecule has 0 fully saturated rings. The van der Waals surface area contributed by atoms with Crippen molar-refractivity contribution in [2.24, 2.45) is 0 Å². The molecular weight excluding hydrogens is 260 g/mol. The van der Waals surface area contributed by atoms with Crippen LogP contribution in [0.4, 0.5) is 0 Å². The molecule has 0 unspecified atom stereocenters. The Morgan fingerprint density at radius 3 is 2.18 bits per heavy atom. The van der Waals surface area contributed by atoms with Gasteiger partial charge < -0.3 is 0 Å². The van der Waals surface area contributed by atoms with E-state index in [1.807, 2.05) is 13.8 Å². The van der Waals surface area contributed by atoms with Crippen molar-refractivity contribution in [1.29, 1.82) is 0 Å². The molecule has 0 atom stereocenters. The predicted octanol–water partition coefficient (Wildman–Crippen LogP) is 2.48. The highest BCUT2D eigenvalue weighted by molar-refractivity contribution is 8.32. The molecule has 17 heavy (non-hydrogen) atoms. The first-order chi connectivity index (χ1) is 7.72. The van der Waals surface area contributed by atoms with Crippen LogP contribution >= 0.6 is 10.3 Å². The molecule has 0 aliphatic rings. The molecule has 0 aromatic rings. The van der Waals surface area contributed by atoms with E-state index in [-0.39, 0.29) is 17.3 Å². The molecule has 0 rings (SSSR count). The van der Waals surface area contributed by atoms with Crippen molar-refractivity contribution < 1.29 is 16.8 Å². The molecule has 6 heteroatoms. The van der Waals surface area contributed by atoms with Gasteiger partial charge in [0.2, 0.25) is 0 Å². The van der Waals surface area contributed by atoms with E-state index in [4.69, 9.17) is 3.63 Å². The minimum atomic E-state index is -3.48. The molecule has 4 nitrogen and oxygen atoms in total. The number of Topliss-reactive ketones (excluding diaryl/α,β-unsaturated/α-hetero) is 1. The maximum Gasteiger partial charge on any atom is 0.276 e. The molecule has 0 bridgehead atoms. The lowest BCUT2D eigenvalue weighted by Gasteiger charge is -2.28. The zero-order valence-electron chi connectivity index (χ0n) is 11.2. The van der Waals surface area contributed by atoms with Crippen LogP contribution in [0.1, 0.15) is 39.5 Å². The molecule has 0 radical (unpaired) electrons. The van der Waals surface area contributed by atoms with Crippen molar-refractivity contribution in [2.45, 2.75) is 39.5 Å². The SMILES string of the molecule is CCCCS(=O)(=O)OS(C)(C)CC(=O)CCC. The Morgan fingerprint density at radius 1 is 1.12 bits per heavy atom. The van der Waals surface area contributed by atoms with Gasteiger partial charge in [-0.05, 0) is 25.4 Å². The summed E-state index contributed by atoms with van der Waals surface area (Å²) in [5.74, 6) is 0.354. The molecule has 0 spiro atoms. The van der Waals surface area contributed by atoms with Crippen LogP contribution in [0.15, 0.2) is 0 Å². The second-order valence-electron chi connectivity index (χ2n) is 4.55. The number of hydrogen-bond acceptors (Lipinski definition) is 4. The number of carbonyl (C=O) groups excluding carboxylic acids is 1. The second-order valence-corrected chi connectivity index (χ2v) is 9.78. The molecule has 0 saturated heterocycles. The zero-order chi connectivity index (χ0) is 13.5. The quantitative estimate of drug-likeness (QED) is 0.652. The van der Waals surface area contributed by atoms with Gasteiger partial charge in [0.1, 0.15) is 5.78 Å². The first-order valence-corrected chi connectivity index (χ1v) is 10.0. The maximum absolute atomic E-state index is 11.6. The summed E-state index contributed by atoms with van der Waals surface area (Å²) in [5, 5.41) is 0. The van der Waals surface area contributed by atoms with Gasteiger partial charge in [-0.2, -0.15) is 8.42 Å². The van der Waals surface area contributed by atoms with Gasteiger partial charge in [0, 0.05) is 6.42 Å². The first kappa shape index (κ1) is 16.9. The Balaban J connectivity index is 4.37. The van der Waals surface area contributed by atoms with Crippen LogP contribution in [0.3, 0.4) is 0 Å². The average molecular weight is 284 g/mol. The highest BCUT2D eigenvalue weighted by Crippen LogP contribution is 2.43.